The average Bonchev–Trinajstić information content (AvgIpc) is 2.71. The van der Waals surface area contributed by atoms with Gasteiger partial charge in [0.1, 0.15) is 0 Å². The van der Waals surface area contributed by atoms with Gasteiger partial charge in [0.2, 0.25) is 0 Å². The van der Waals surface area contributed by atoms with E-state index in [0.29, 0.717) is 25.4 Å². The van der Waals surface area contributed by atoms with E-state index >= 15 is 0 Å². The summed E-state index contributed by atoms with van der Waals surface area (Å²) in [5, 5.41) is 9.56. The minimum absolute atomic E-state index is 0.146. The lowest BCUT2D eigenvalue weighted by Gasteiger charge is -2.10. The van der Waals surface area contributed by atoms with Gasteiger partial charge in [-0.3, -0.25) is 0 Å². The smallest absolute Gasteiger partial charge is 0.161 e. The van der Waals surface area contributed by atoms with Crippen LogP contribution in [0.25, 0.3) is 0 Å². The second-order valence-electron chi connectivity index (χ2n) is 3.38. The molecule has 0 saturated carbocycles. The van der Waals surface area contributed by atoms with Crippen molar-refractivity contribution in [2.75, 3.05) is 20.3 Å². The van der Waals surface area contributed by atoms with Gasteiger partial charge < -0.3 is 19.3 Å². The van der Waals surface area contributed by atoms with Crippen LogP contribution in [0.15, 0.2) is 18.2 Å². The van der Waals surface area contributed by atoms with Crippen molar-refractivity contribution < 1.29 is 19.3 Å². The van der Waals surface area contributed by atoms with Crippen LogP contribution in [-0.2, 0) is 15.9 Å². The molecule has 0 unspecified atom stereocenters. The molecule has 1 fully saturated rings. The summed E-state index contributed by atoms with van der Waals surface area (Å²) in [6, 6.07) is 5.30. The summed E-state index contributed by atoms with van der Waals surface area (Å²) in [7, 11) is 1.53. The van der Waals surface area contributed by atoms with Crippen LogP contribution in [0, 0.1) is 0 Å². The number of phenolic OH excluding ortho intramolecular Hbond substituents is 1. The molecule has 1 aromatic carbocycles. The summed E-state index contributed by atoms with van der Waals surface area (Å²) in [4.78, 5) is 0. The fourth-order valence-corrected chi connectivity index (χ4v) is 1.58. The molecule has 1 heterocycles. The van der Waals surface area contributed by atoms with Gasteiger partial charge in [0.05, 0.1) is 20.3 Å². The van der Waals surface area contributed by atoms with E-state index in [9.17, 15) is 5.11 Å². The van der Waals surface area contributed by atoms with Gasteiger partial charge in [0, 0.05) is 6.42 Å². The van der Waals surface area contributed by atoms with Gasteiger partial charge >= 0.3 is 0 Å². The number of methoxy groups -OCH3 is 1. The molecule has 0 aromatic heterocycles. The SMILES string of the molecule is COc1ccc(CC2OCCO2)cc1O. The zero-order valence-corrected chi connectivity index (χ0v) is 8.60. The molecule has 0 radical (unpaired) electrons. The van der Waals surface area contributed by atoms with Gasteiger partial charge in [0.15, 0.2) is 17.8 Å². The standard InChI is InChI=1S/C11H14O4/c1-13-10-3-2-8(6-9(10)12)7-11-14-4-5-15-11/h2-3,6,11-12H,4-5,7H2,1H3. The Labute approximate surface area is 88.4 Å². The molecule has 0 spiro atoms. The van der Waals surface area contributed by atoms with Crippen molar-refractivity contribution in [3.05, 3.63) is 23.8 Å². The van der Waals surface area contributed by atoms with Crippen molar-refractivity contribution in [1.82, 2.24) is 0 Å². The molecule has 15 heavy (non-hydrogen) atoms. The van der Waals surface area contributed by atoms with Crippen LogP contribution in [0.2, 0.25) is 0 Å². The molecule has 4 heteroatoms. The number of aromatic hydroxyl groups is 1. The highest BCUT2D eigenvalue weighted by Gasteiger charge is 2.16. The summed E-state index contributed by atoms with van der Waals surface area (Å²) in [5.41, 5.74) is 0.972. The van der Waals surface area contributed by atoms with E-state index in [1.807, 2.05) is 6.07 Å². The van der Waals surface area contributed by atoms with Gasteiger partial charge in [-0.05, 0) is 17.7 Å². The van der Waals surface area contributed by atoms with Crippen LogP contribution in [0.1, 0.15) is 5.56 Å². The second kappa shape index (κ2) is 4.51. The van der Waals surface area contributed by atoms with E-state index in [1.54, 1.807) is 12.1 Å². The highest BCUT2D eigenvalue weighted by Crippen LogP contribution is 2.27. The Kier molecular flexibility index (Phi) is 3.08. The van der Waals surface area contributed by atoms with Crippen LogP contribution >= 0.6 is 0 Å². The normalized spacial score (nSPS) is 16.9. The van der Waals surface area contributed by atoms with Gasteiger partial charge in [-0.15, -0.1) is 0 Å². The van der Waals surface area contributed by atoms with Crippen LogP contribution in [-0.4, -0.2) is 31.7 Å². The van der Waals surface area contributed by atoms with E-state index in [0.717, 1.165) is 5.56 Å². The third-order valence-electron chi connectivity index (χ3n) is 2.34. The summed E-state index contributed by atoms with van der Waals surface area (Å²) in [5.74, 6) is 0.625. The molecule has 1 aliphatic rings. The van der Waals surface area contributed by atoms with Crippen molar-refractivity contribution in [2.24, 2.45) is 0 Å². The average molecular weight is 210 g/mol. The maximum Gasteiger partial charge on any atom is 0.161 e. The first-order valence-corrected chi connectivity index (χ1v) is 4.88. The first-order chi connectivity index (χ1) is 7.29. The molecule has 1 aliphatic heterocycles. The first kappa shape index (κ1) is 10.3. The molecular formula is C11H14O4. The monoisotopic (exact) mass is 210 g/mol. The third kappa shape index (κ3) is 2.40. The molecular weight excluding hydrogens is 196 g/mol. The van der Waals surface area contributed by atoms with Gasteiger partial charge in [-0.25, -0.2) is 0 Å². The lowest BCUT2D eigenvalue weighted by molar-refractivity contribution is -0.0400. The quantitative estimate of drug-likeness (QED) is 0.817. The maximum atomic E-state index is 9.56. The van der Waals surface area contributed by atoms with Gasteiger partial charge in [-0.2, -0.15) is 0 Å². The lowest BCUT2D eigenvalue weighted by Crippen LogP contribution is -2.11. The van der Waals surface area contributed by atoms with Crippen LogP contribution in [0.5, 0.6) is 11.5 Å². The molecule has 0 atom stereocenters. The maximum absolute atomic E-state index is 9.56. The topological polar surface area (TPSA) is 47.9 Å². The Morgan fingerprint density at radius 2 is 2.13 bits per heavy atom. The summed E-state index contributed by atoms with van der Waals surface area (Å²) >= 11 is 0. The van der Waals surface area contributed by atoms with E-state index in [-0.39, 0.29) is 12.0 Å². The minimum Gasteiger partial charge on any atom is -0.504 e. The summed E-state index contributed by atoms with van der Waals surface area (Å²) < 4.78 is 15.6. The molecule has 1 aromatic rings. The van der Waals surface area contributed by atoms with Gasteiger partial charge in [0.25, 0.3) is 0 Å². The number of ether oxygens (including phenoxy) is 3. The number of phenols is 1. The highest BCUT2D eigenvalue weighted by molar-refractivity contribution is 5.41. The summed E-state index contributed by atoms with van der Waals surface area (Å²) in [6.07, 6.45) is 0.468. The largest absolute Gasteiger partial charge is 0.504 e. The molecule has 4 nitrogen and oxygen atoms in total. The number of benzene rings is 1. The van der Waals surface area contributed by atoms with Crippen LogP contribution in [0.3, 0.4) is 0 Å². The highest BCUT2D eigenvalue weighted by atomic mass is 16.7. The fourth-order valence-electron chi connectivity index (χ4n) is 1.58. The number of rotatable bonds is 3. The van der Waals surface area contributed by atoms with E-state index in [1.165, 1.54) is 7.11 Å². The van der Waals surface area contributed by atoms with Crippen LogP contribution < -0.4 is 4.74 Å². The van der Waals surface area contributed by atoms with Crippen molar-refractivity contribution in [1.29, 1.82) is 0 Å². The fraction of sp³-hybridized carbons (Fsp3) is 0.455. The molecule has 1 saturated heterocycles. The molecule has 0 amide bonds. The Balaban J connectivity index is 2.05. The molecule has 1 N–H and O–H groups in total. The Bertz CT molecular complexity index is 331. The van der Waals surface area contributed by atoms with Gasteiger partial charge in [-0.1, -0.05) is 6.07 Å². The van der Waals surface area contributed by atoms with Crippen molar-refractivity contribution in [3.8, 4) is 11.5 Å². The van der Waals surface area contributed by atoms with Crippen molar-refractivity contribution in [3.63, 3.8) is 0 Å². The third-order valence-corrected chi connectivity index (χ3v) is 2.34. The predicted octanol–water partition coefficient (Wildman–Crippen LogP) is 1.32. The first-order valence-electron chi connectivity index (χ1n) is 4.88. The Morgan fingerprint density at radius 3 is 2.73 bits per heavy atom. The molecule has 0 bridgehead atoms. The van der Waals surface area contributed by atoms with Crippen molar-refractivity contribution >= 4 is 0 Å². The lowest BCUT2D eigenvalue weighted by atomic mass is 10.1. The van der Waals surface area contributed by atoms with Crippen LogP contribution in [0.4, 0.5) is 0 Å². The van der Waals surface area contributed by atoms with Crippen molar-refractivity contribution in [2.45, 2.75) is 12.7 Å². The Hall–Kier alpha value is -1.26. The summed E-state index contributed by atoms with van der Waals surface area (Å²) in [6.45, 7) is 1.29. The molecule has 0 aliphatic carbocycles. The Morgan fingerprint density at radius 1 is 1.40 bits per heavy atom. The van der Waals surface area contributed by atoms with E-state index in [4.69, 9.17) is 14.2 Å². The zero-order valence-electron chi connectivity index (χ0n) is 8.60. The van der Waals surface area contributed by atoms with E-state index in [2.05, 4.69) is 0 Å². The number of hydrogen-bond acceptors (Lipinski definition) is 4. The molecule has 2 rings (SSSR count). The minimum atomic E-state index is -0.183. The number of hydrogen-bond donors (Lipinski definition) is 1. The molecule has 82 valence electrons. The van der Waals surface area contributed by atoms with E-state index < -0.39 is 0 Å². The predicted molar refractivity (Wildman–Crippen MR) is 54.1 cm³/mol. The second-order valence-corrected chi connectivity index (χ2v) is 3.38. The zero-order chi connectivity index (χ0) is 10.7.